The number of benzene rings is 1. The third-order valence-corrected chi connectivity index (χ3v) is 2.27. The Bertz CT molecular complexity index is 449. The molecule has 0 aliphatic rings. The third kappa shape index (κ3) is 6.05. The van der Waals surface area contributed by atoms with Gasteiger partial charge in [0, 0.05) is 11.3 Å². The topological polar surface area (TPSA) is 55.4 Å². The highest BCUT2D eigenvalue weighted by Gasteiger charge is 2.06. The summed E-state index contributed by atoms with van der Waals surface area (Å²) < 4.78 is 28.1. The van der Waals surface area contributed by atoms with Crippen LogP contribution in [0.5, 0.6) is 0 Å². The first-order valence-corrected chi connectivity index (χ1v) is 5.76. The lowest BCUT2D eigenvalue weighted by atomic mass is 10.1. The molecule has 1 amide bonds. The van der Waals surface area contributed by atoms with Gasteiger partial charge in [0.1, 0.15) is 6.61 Å². The number of anilines is 1. The maximum atomic E-state index is 11.8. The second-order valence-corrected chi connectivity index (χ2v) is 3.90. The lowest BCUT2D eigenvalue weighted by Gasteiger charge is -2.07. The summed E-state index contributed by atoms with van der Waals surface area (Å²) in [5.74, 6) is -0.452. The van der Waals surface area contributed by atoms with E-state index in [1.165, 1.54) is 6.92 Å². The number of rotatable bonds is 7. The van der Waals surface area contributed by atoms with Crippen molar-refractivity contribution in [1.82, 2.24) is 0 Å². The molecule has 1 rings (SSSR count). The molecule has 0 unspecified atom stereocenters. The molecule has 0 spiro atoms. The number of hydrogen-bond donors (Lipinski definition) is 1. The monoisotopic (exact) mass is 271 g/mol. The Hall–Kier alpha value is -1.82. The van der Waals surface area contributed by atoms with Crippen LogP contribution in [0.4, 0.5) is 14.5 Å². The van der Waals surface area contributed by atoms with Crippen LogP contribution in [-0.2, 0) is 9.53 Å². The van der Waals surface area contributed by atoms with Gasteiger partial charge in [-0.25, -0.2) is 8.78 Å². The maximum Gasteiger partial charge on any atom is 0.261 e. The van der Waals surface area contributed by atoms with E-state index in [0.29, 0.717) is 11.3 Å². The molecule has 6 heteroatoms. The molecule has 0 radical (unpaired) electrons. The van der Waals surface area contributed by atoms with Crippen LogP contribution in [0.3, 0.4) is 0 Å². The molecular formula is C13H15F2NO3. The highest BCUT2D eigenvalue weighted by molar-refractivity contribution is 5.97. The van der Waals surface area contributed by atoms with Gasteiger partial charge in [-0.1, -0.05) is 12.1 Å². The van der Waals surface area contributed by atoms with Crippen molar-refractivity contribution in [2.24, 2.45) is 0 Å². The normalized spacial score (nSPS) is 10.5. The Morgan fingerprint density at radius 3 is 2.74 bits per heavy atom. The van der Waals surface area contributed by atoms with E-state index < -0.39 is 13.0 Å². The number of ether oxygens (including phenoxy) is 1. The van der Waals surface area contributed by atoms with Crippen molar-refractivity contribution >= 4 is 17.4 Å². The summed E-state index contributed by atoms with van der Waals surface area (Å²) in [6.07, 6.45) is -2.55. The number of carbonyl (C=O) groups is 2. The van der Waals surface area contributed by atoms with Crippen molar-refractivity contribution in [3.8, 4) is 0 Å². The van der Waals surface area contributed by atoms with Crippen molar-refractivity contribution in [1.29, 1.82) is 0 Å². The molecule has 104 valence electrons. The number of carbonyl (C=O) groups excluding carboxylic acids is 2. The molecule has 1 aromatic rings. The number of hydrogen-bond acceptors (Lipinski definition) is 3. The predicted octanol–water partition coefficient (Wildman–Crippen LogP) is 2.50. The first kappa shape index (κ1) is 15.2. The largest absolute Gasteiger partial charge is 0.375 e. The second kappa shape index (κ2) is 7.58. The molecule has 1 N–H and O–H groups in total. The molecule has 1 aromatic carbocycles. The van der Waals surface area contributed by atoms with Crippen molar-refractivity contribution in [3.63, 3.8) is 0 Å². The van der Waals surface area contributed by atoms with E-state index in [-0.39, 0.29) is 24.7 Å². The van der Waals surface area contributed by atoms with Crippen LogP contribution in [0.15, 0.2) is 24.3 Å². The van der Waals surface area contributed by atoms with E-state index in [4.69, 9.17) is 0 Å². The number of amides is 1. The van der Waals surface area contributed by atoms with Crippen LogP contribution in [0.25, 0.3) is 0 Å². The highest BCUT2D eigenvalue weighted by Crippen LogP contribution is 2.11. The van der Waals surface area contributed by atoms with Gasteiger partial charge < -0.3 is 10.1 Å². The second-order valence-electron chi connectivity index (χ2n) is 3.90. The van der Waals surface area contributed by atoms with Gasteiger partial charge in [0.05, 0.1) is 13.0 Å². The molecule has 4 nitrogen and oxygen atoms in total. The predicted molar refractivity (Wildman–Crippen MR) is 66.5 cm³/mol. The van der Waals surface area contributed by atoms with Gasteiger partial charge in [0.15, 0.2) is 5.78 Å². The van der Waals surface area contributed by atoms with Gasteiger partial charge in [0.2, 0.25) is 5.91 Å². The number of nitrogens with one attached hydrogen (secondary N) is 1. The first-order chi connectivity index (χ1) is 8.99. The molecule has 0 aliphatic carbocycles. The molecule has 0 saturated heterocycles. The zero-order valence-electron chi connectivity index (χ0n) is 10.5. The number of alkyl halides is 2. The zero-order chi connectivity index (χ0) is 14.3. The first-order valence-electron chi connectivity index (χ1n) is 5.76. The minimum Gasteiger partial charge on any atom is -0.375 e. The SMILES string of the molecule is CC(=O)c1cccc(NC(=O)CCOCC(F)F)c1. The van der Waals surface area contributed by atoms with Crippen molar-refractivity contribution in [2.75, 3.05) is 18.5 Å². The van der Waals surface area contributed by atoms with Gasteiger partial charge in [-0.3, -0.25) is 9.59 Å². The Kier molecular flexibility index (Phi) is 6.08. The Morgan fingerprint density at radius 2 is 2.11 bits per heavy atom. The van der Waals surface area contributed by atoms with E-state index in [9.17, 15) is 18.4 Å². The summed E-state index contributed by atoms with van der Waals surface area (Å²) in [5.41, 5.74) is 0.985. The fraction of sp³-hybridized carbons (Fsp3) is 0.385. The Morgan fingerprint density at radius 1 is 1.37 bits per heavy atom. The van der Waals surface area contributed by atoms with Gasteiger partial charge in [0.25, 0.3) is 6.43 Å². The highest BCUT2D eigenvalue weighted by atomic mass is 19.3. The van der Waals surface area contributed by atoms with Crippen LogP contribution < -0.4 is 5.32 Å². The van der Waals surface area contributed by atoms with Gasteiger partial charge in [-0.2, -0.15) is 0 Å². The fourth-order valence-electron chi connectivity index (χ4n) is 1.38. The third-order valence-electron chi connectivity index (χ3n) is 2.27. The van der Waals surface area contributed by atoms with Gasteiger partial charge in [-0.05, 0) is 19.1 Å². The smallest absolute Gasteiger partial charge is 0.261 e. The minimum atomic E-state index is -2.53. The standard InChI is InChI=1S/C13H15F2NO3/c1-9(17)10-3-2-4-11(7-10)16-13(18)5-6-19-8-12(14)15/h2-4,7,12H,5-6,8H2,1H3,(H,16,18). The van der Waals surface area contributed by atoms with Crippen molar-refractivity contribution < 1.29 is 23.1 Å². The number of Topliss-reactive ketones (excluding diaryl/α,β-unsaturated/α-hetero) is 1. The van der Waals surface area contributed by atoms with E-state index in [1.54, 1.807) is 24.3 Å². The van der Waals surface area contributed by atoms with Crippen molar-refractivity contribution in [2.45, 2.75) is 19.8 Å². The quantitative estimate of drug-likeness (QED) is 0.612. The van der Waals surface area contributed by atoms with Gasteiger partial charge in [-0.15, -0.1) is 0 Å². The average Bonchev–Trinajstić information content (AvgIpc) is 2.34. The molecule has 0 bridgehead atoms. The van der Waals surface area contributed by atoms with Crippen LogP contribution in [0.2, 0.25) is 0 Å². The summed E-state index contributed by atoms with van der Waals surface area (Å²) in [5, 5.41) is 2.57. The van der Waals surface area contributed by atoms with Crippen LogP contribution in [-0.4, -0.2) is 31.3 Å². The number of halogens is 2. The Labute approximate surface area is 109 Å². The molecule has 0 aliphatic heterocycles. The van der Waals surface area contributed by atoms with Crippen molar-refractivity contribution in [3.05, 3.63) is 29.8 Å². The van der Waals surface area contributed by atoms with Crippen LogP contribution in [0.1, 0.15) is 23.7 Å². The minimum absolute atomic E-state index is 0.0168. The molecule has 0 aromatic heterocycles. The number of ketones is 1. The van der Waals surface area contributed by atoms with E-state index >= 15 is 0 Å². The molecular weight excluding hydrogens is 256 g/mol. The van der Waals surface area contributed by atoms with Gasteiger partial charge >= 0.3 is 0 Å². The maximum absolute atomic E-state index is 11.8. The molecule has 19 heavy (non-hydrogen) atoms. The summed E-state index contributed by atoms with van der Waals surface area (Å²) in [6, 6.07) is 6.49. The summed E-state index contributed by atoms with van der Waals surface area (Å²) >= 11 is 0. The lowest BCUT2D eigenvalue weighted by molar-refractivity contribution is -0.117. The van der Waals surface area contributed by atoms with E-state index in [1.807, 2.05) is 0 Å². The fourth-order valence-corrected chi connectivity index (χ4v) is 1.38. The summed E-state index contributed by atoms with van der Waals surface area (Å²) in [7, 11) is 0. The molecule has 0 atom stereocenters. The van der Waals surface area contributed by atoms with E-state index in [0.717, 1.165) is 0 Å². The summed E-state index contributed by atoms with van der Waals surface area (Å²) in [4.78, 5) is 22.6. The zero-order valence-corrected chi connectivity index (χ0v) is 10.5. The van der Waals surface area contributed by atoms with E-state index in [2.05, 4.69) is 10.1 Å². The average molecular weight is 271 g/mol. The van der Waals surface area contributed by atoms with Crippen LogP contribution in [0, 0.1) is 0 Å². The molecule has 0 heterocycles. The molecule has 0 fully saturated rings. The lowest BCUT2D eigenvalue weighted by Crippen LogP contribution is -2.15. The van der Waals surface area contributed by atoms with Crippen LogP contribution >= 0.6 is 0 Å². The summed E-state index contributed by atoms with van der Waals surface area (Å²) in [6.45, 7) is 0.689. The Balaban J connectivity index is 2.40. The molecule has 0 saturated carbocycles.